The normalized spacial score (nSPS) is 10.5. The predicted octanol–water partition coefficient (Wildman–Crippen LogP) is 1.81. The topological polar surface area (TPSA) is 50.4 Å². The Bertz CT molecular complexity index is 511. The van der Waals surface area contributed by atoms with Crippen molar-refractivity contribution >= 4 is 11.0 Å². The lowest BCUT2D eigenvalue weighted by Gasteiger charge is -2.01. The highest BCUT2D eigenvalue weighted by Gasteiger charge is 2.05. The first-order chi connectivity index (χ1) is 6.18. The Morgan fingerprint density at radius 3 is 2.92 bits per heavy atom. The number of aromatic hydroxyl groups is 1. The van der Waals surface area contributed by atoms with E-state index in [1.807, 2.05) is 13.0 Å². The molecular weight excluding hydrogens is 168 g/mol. The van der Waals surface area contributed by atoms with Gasteiger partial charge in [0.05, 0.1) is 11.5 Å². The third-order valence-corrected chi connectivity index (χ3v) is 1.96. The third kappa shape index (κ3) is 1.18. The van der Waals surface area contributed by atoms with Crippen LogP contribution in [0.15, 0.2) is 33.5 Å². The van der Waals surface area contributed by atoms with Gasteiger partial charge in [-0.3, -0.25) is 0 Å². The molecule has 3 heteroatoms. The van der Waals surface area contributed by atoms with E-state index >= 15 is 0 Å². The summed E-state index contributed by atoms with van der Waals surface area (Å²) < 4.78 is 4.91. The molecule has 1 aromatic carbocycles. The molecule has 1 heterocycles. The molecule has 0 atom stereocenters. The van der Waals surface area contributed by atoms with Crippen LogP contribution in [0, 0.1) is 6.92 Å². The summed E-state index contributed by atoms with van der Waals surface area (Å²) in [5, 5.41) is 10.1. The van der Waals surface area contributed by atoms with E-state index in [1.165, 1.54) is 0 Å². The minimum atomic E-state index is -0.532. The molecule has 0 spiro atoms. The first-order valence-electron chi connectivity index (χ1n) is 3.91. The van der Waals surface area contributed by atoms with Crippen molar-refractivity contribution < 1.29 is 9.52 Å². The van der Waals surface area contributed by atoms with Crippen molar-refractivity contribution in [3.63, 3.8) is 0 Å². The van der Waals surface area contributed by atoms with Gasteiger partial charge in [0.15, 0.2) is 0 Å². The highest BCUT2D eigenvalue weighted by atomic mass is 16.4. The average molecular weight is 176 g/mol. The summed E-state index contributed by atoms with van der Waals surface area (Å²) in [6.07, 6.45) is 0. The Balaban J connectivity index is 3.03. The van der Waals surface area contributed by atoms with E-state index in [2.05, 4.69) is 0 Å². The fourth-order valence-corrected chi connectivity index (χ4v) is 1.38. The molecule has 0 aliphatic heterocycles. The Morgan fingerprint density at radius 2 is 2.15 bits per heavy atom. The summed E-state index contributed by atoms with van der Waals surface area (Å²) in [7, 11) is 0. The summed E-state index contributed by atoms with van der Waals surface area (Å²) in [6, 6.07) is 6.36. The maximum atomic E-state index is 10.9. The van der Waals surface area contributed by atoms with Gasteiger partial charge < -0.3 is 9.52 Å². The molecule has 1 N–H and O–H groups in total. The highest BCUT2D eigenvalue weighted by molar-refractivity contribution is 5.85. The molecule has 1 aromatic heterocycles. The van der Waals surface area contributed by atoms with Crippen LogP contribution in [0.3, 0.4) is 0 Å². The molecule has 0 radical (unpaired) electrons. The van der Waals surface area contributed by atoms with Crippen LogP contribution in [0.1, 0.15) is 5.56 Å². The van der Waals surface area contributed by atoms with Crippen LogP contribution in [-0.2, 0) is 0 Å². The van der Waals surface area contributed by atoms with Crippen molar-refractivity contribution in [2.75, 3.05) is 0 Å². The minimum Gasteiger partial charge on any atom is -0.507 e. The first kappa shape index (κ1) is 7.86. The van der Waals surface area contributed by atoms with Gasteiger partial charge in [0.2, 0.25) is 0 Å². The molecule has 0 saturated heterocycles. The van der Waals surface area contributed by atoms with Gasteiger partial charge in [0, 0.05) is 0 Å². The standard InChI is InChI=1S/C10H8O3/c1-6-3-2-4-8-10(6)7(11)5-9(12)13-8/h2-5,11H,1H3. The summed E-state index contributed by atoms with van der Waals surface area (Å²) in [5.74, 6) is -0.0237. The number of aryl methyl sites for hydroxylation is 1. The zero-order chi connectivity index (χ0) is 9.42. The van der Waals surface area contributed by atoms with E-state index in [0.29, 0.717) is 11.0 Å². The average Bonchev–Trinajstić information content (AvgIpc) is 2.02. The van der Waals surface area contributed by atoms with Crippen LogP contribution in [-0.4, -0.2) is 5.11 Å². The second kappa shape index (κ2) is 2.62. The lowest BCUT2D eigenvalue weighted by atomic mass is 10.1. The molecule has 0 aliphatic carbocycles. The lowest BCUT2D eigenvalue weighted by molar-refractivity contribution is 0.467. The van der Waals surface area contributed by atoms with E-state index in [0.717, 1.165) is 11.6 Å². The van der Waals surface area contributed by atoms with Gasteiger partial charge in [-0.15, -0.1) is 0 Å². The number of hydrogen-bond acceptors (Lipinski definition) is 3. The fraction of sp³-hybridized carbons (Fsp3) is 0.100. The molecule has 2 aromatic rings. The van der Waals surface area contributed by atoms with Crippen molar-refractivity contribution in [3.8, 4) is 5.75 Å². The predicted molar refractivity (Wildman–Crippen MR) is 48.9 cm³/mol. The quantitative estimate of drug-likeness (QED) is 0.623. The van der Waals surface area contributed by atoms with Gasteiger partial charge >= 0.3 is 5.63 Å². The molecule has 0 unspecified atom stereocenters. The number of rotatable bonds is 0. The molecule has 2 rings (SSSR count). The number of hydrogen-bond donors (Lipinski definition) is 1. The second-order valence-electron chi connectivity index (χ2n) is 2.90. The van der Waals surface area contributed by atoms with Crippen LogP contribution >= 0.6 is 0 Å². The van der Waals surface area contributed by atoms with Gasteiger partial charge in [0.1, 0.15) is 11.3 Å². The maximum absolute atomic E-state index is 10.9. The van der Waals surface area contributed by atoms with E-state index in [9.17, 15) is 9.90 Å². The fourth-order valence-electron chi connectivity index (χ4n) is 1.38. The minimum absolute atomic E-state index is 0.0237. The molecular formula is C10H8O3. The summed E-state index contributed by atoms with van der Waals surface area (Å²) in [6.45, 7) is 1.85. The molecule has 0 aliphatic rings. The van der Waals surface area contributed by atoms with Crippen molar-refractivity contribution in [2.45, 2.75) is 6.92 Å². The Hall–Kier alpha value is -1.77. The zero-order valence-electron chi connectivity index (χ0n) is 7.07. The molecule has 0 fully saturated rings. The SMILES string of the molecule is Cc1cccc2oc(=O)cc(O)c12. The van der Waals surface area contributed by atoms with E-state index < -0.39 is 5.63 Å². The summed E-state index contributed by atoms with van der Waals surface area (Å²) >= 11 is 0. The zero-order valence-corrected chi connectivity index (χ0v) is 7.07. The van der Waals surface area contributed by atoms with Gasteiger partial charge in [-0.05, 0) is 18.6 Å². The Morgan fingerprint density at radius 1 is 1.38 bits per heavy atom. The number of benzene rings is 1. The van der Waals surface area contributed by atoms with Gasteiger partial charge in [-0.25, -0.2) is 4.79 Å². The smallest absolute Gasteiger partial charge is 0.339 e. The molecule has 13 heavy (non-hydrogen) atoms. The van der Waals surface area contributed by atoms with Crippen LogP contribution < -0.4 is 5.63 Å². The molecule has 0 amide bonds. The third-order valence-electron chi connectivity index (χ3n) is 1.96. The van der Waals surface area contributed by atoms with E-state index in [4.69, 9.17) is 4.42 Å². The number of fused-ring (bicyclic) bond motifs is 1. The van der Waals surface area contributed by atoms with Crippen LogP contribution in [0.5, 0.6) is 5.75 Å². The molecule has 0 saturated carbocycles. The lowest BCUT2D eigenvalue weighted by Crippen LogP contribution is -1.95. The summed E-state index contributed by atoms with van der Waals surface area (Å²) in [4.78, 5) is 10.9. The van der Waals surface area contributed by atoms with Crippen molar-refractivity contribution in [1.82, 2.24) is 0 Å². The monoisotopic (exact) mass is 176 g/mol. The van der Waals surface area contributed by atoms with Crippen molar-refractivity contribution in [1.29, 1.82) is 0 Å². The largest absolute Gasteiger partial charge is 0.507 e. The van der Waals surface area contributed by atoms with E-state index in [1.54, 1.807) is 12.1 Å². The van der Waals surface area contributed by atoms with Crippen LogP contribution in [0.2, 0.25) is 0 Å². The van der Waals surface area contributed by atoms with Gasteiger partial charge in [-0.1, -0.05) is 12.1 Å². The second-order valence-corrected chi connectivity index (χ2v) is 2.90. The van der Waals surface area contributed by atoms with Crippen molar-refractivity contribution in [3.05, 3.63) is 40.2 Å². The first-order valence-corrected chi connectivity index (χ1v) is 3.91. The maximum Gasteiger partial charge on any atom is 0.339 e. The van der Waals surface area contributed by atoms with Gasteiger partial charge in [0.25, 0.3) is 0 Å². The van der Waals surface area contributed by atoms with Gasteiger partial charge in [-0.2, -0.15) is 0 Å². The Labute approximate surface area is 74.2 Å². The van der Waals surface area contributed by atoms with Crippen molar-refractivity contribution in [2.24, 2.45) is 0 Å². The molecule has 3 nitrogen and oxygen atoms in total. The van der Waals surface area contributed by atoms with Crippen LogP contribution in [0.4, 0.5) is 0 Å². The Kier molecular flexibility index (Phi) is 1.59. The molecule has 0 bridgehead atoms. The van der Waals surface area contributed by atoms with Crippen LogP contribution in [0.25, 0.3) is 11.0 Å². The summed E-state index contributed by atoms with van der Waals surface area (Å²) in [5.41, 5.74) is 0.777. The molecule has 66 valence electrons. The van der Waals surface area contributed by atoms with E-state index in [-0.39, 0.29) is 5.75 Å². The highest BCUT2D eigenvalue weighted by Crippen LogP contribution is 2.25.